The molecule has 21 heavy (non-hydrogen) atoms. The number of anilines is 1. The van der Waals surface area contributed by atoms with E-state index in [0.29, 0.717) is 35.7 Å². The summed E-state index contributed by atoms with van der Waals surface area (Å²) >= 11 is 0. The number of hydrogen-bond acceptors (Lipinski definition) is 4. The van der Waals surface area contributed by atoms with E-state index in [2.05, 4.69) is 15.4 Å². The highest BCUT2D eigenvalue weighted by molar-refractivity contribution is 5.64. The van der Waals surface area contributed by atoms with Gasteiger partial charge < -0.3 is 10.4 Å². The van der Waals surface area contributed by atoms with Crippen LogP contribution in [0.4, 0.5) is 10.2 Å². The first-order valence-corrected chi connectivity index (χ1v) is 6.74. The van der Waals surface area contributed by atoms with Gasteiger partial charge in [0.2, 0.25) is 0 Å². The smallest absolute Gasteiger partial charge is 0.154 e. The van der Waals surface area contributed by atoms with Crippen LogP contribution in [-0.2, 0) is 0 Å². The van der Waals surface area contributed by atoms with Gasteiger partial charge in [-0.15, -0.1) is 5.10 Å². The van der Waals surface area contributed by atoms with Crippen LogP contribution in [0.15, 0.2) is 42.6 Å². The maximum absolute atomic E-state index is 13.9. The SMILES string of the molecule is OCCCNc1ccc2ncc(-c3ccccc3F)n2n1. The van der Waals surface area contributed by atoms with Crippen molar-refractivity contribution in [2.45, 2.75) is 6.42 Å². The van der Waals surface area contributed by atoms with E-state index in [9.17, 15) is 4.39 Å². The molecule has 0 spiro atoms. The van der Waals surface area contributed by atoms with Crippen LogP contribution in [0.5, 0.6) is 0 Å². The molecule has 0 amide bonds. The number of rotatable bonds is 5. The van der Waals surface area contributed by atoms with Gasteiger partial charge in [-0.1, -0.05) is 12.1 Å². The Balaban J connectivity index is 2.00. The number of hydrogen-bond donors (Lipinski definition) is 2. The minimum absolute atomic E-state index is 0.126. The molecule has 2 N–H and O–H groups in total. The van der Waals surface area contributed by atoms with E-state index < -0.39 is 0 Å². The van der Waals surface area contributed by atoms with E-state index in [1.54, 1.807) is 28.9 Å². The second-order valence-corrected chi connectivity index (χ2v) is 4.62. The fraction of sp³-hybridized carbons (Fsp3) is 0.200. The number of aliphatic hydroxyl groups excluding tert-OH is 1. The van der Waals surface area contributed by atoms with Gasteiger partial charge in [-0.25, -0.2) is 13.9 Å². The first-order valence-electron chi connectivity index (χ1n) is 6.74. The van der Waals surface area contributed by atoms with Crippen LogP contribution < -0.4 is 5.32 Å². The summed E-state index contributed by atoms with van der Waals surface area (Å²) in [5.74, 6) is 0.353. The van der Waals surface area contributed by atoms with Gasteiger partial charge in [0.15, 0.2) is 5.65 Å². The van der Waals surface area contributed by atoms with Crippen LogP contribution in [-0.4, -0.2) is 32.9 Å². The van der Waals surface area contributed by atoms with Crippen molar-refractivity contribution in [2.24, 2.45) is 0 Å². The summed E-state index contributed by atoms with van der Waals surface area (Å²) in [6, 6.07) is 10.2. The molecule has 0 aliphatic rings. The Morgan fingerprint density at radius 2 is 2.05 bits per heavy atom. The molecule has 3 rings (SSSR count). The number of imidazole rings is 1. The zero-order valence-electron chi connectivity index (χ0n) is 11.3. The Kier molecular flexibility index (Phi) is 3.79. The molecule has 0 radical (unpaired) electrons. The average molecular weight is 286 g/mol. The third kappa shape index (κ3) is 2.71. The van der Waals surface area contributed by atoms with E-state index in [-0.39, 0.29) is 12.4 Å². The third-order valence-electron chi connectivity index (χ3n) is 3.15. The molecular formula is C15H15FN4O. The molecule has 2 heterocycles. The van der Waals surface area contributed by atoms with Gasteiger partial charge in [-0.3, -0.25) is 0 Å². The van der Waals surface area contributed by atoms with Crippen molar-refractivity contribution in [1.29, 1.82) is 0 Å². The van der Waals surface area contributed by atoms with Gasteiger partial charge in [0.25, 0.3) is 0 Å². The Morgan fingerprint density at radius 3 is 2.86 bits per heavy atom. The second-order valence-electron chi connectivity index (χ2n) is 4.62. The molecule has 0 saturated heterocycles. The van der Waals surface area contributed by atoms with Crippen LogP contribution in [0.3, 0.4) is 0 Å². The first kappa shape index (κ1) is 13.5. The summed E-state index contributed by atoms with van der Waals surface area (Å²) in [7, 11) is 0. The number of nitrogens with one attached hydrogen (secondary N) is 1. The van der Waals surface area contributed by atoms with E-state index in [0.717, 1.165) is 0 Å². The van der Waals surface area contributed by atoms with Crippen molar-refractivity contribution in [3.05, 3.63) is 48.4 Å². The lowest BCUT2D eigenvalue weighted by atomic mass is 10.1. The number of fused-ring (bicyclic) bond motifs is 1. The predicted molar refractivity (Wildman–Crippen MR) is 78.6 cm³/mol. The molecule has 5 nitrogen and oxygen atoms in total. The predicted octanol–water partition coefficient (Wildman–Crippen LogP) is 2.33. The number of aromatic nitrogens is 3. The summed E-state index contributed by atoms with van der Waals surface area (Å²) in [5.41, 5.74) is 1.72. The zero-order valence-corrected chi connectivity index (χ0v) is 11.3. The van der Waals surface area contributed by atoms with E-state index in [4.69, 9.17) is 5.11 Å². The van der Waals surface area contributed by atoms with Crippen molar-refractivity contribution in [1.82, 2.24) is 14.6 Å². The monoisotopic (exact) mass is 286 g/mol. The molecule has 1 aromatic carbocycles. The molecular weight excluding hydrogens is 271 g/mol. The second kappa shape index (κ2) is 5.88. The number of benzene rings is 1. The summed E-state index contributed by atoms with van der Waals surface area (Å²) in [6.45, 7) is 0.750. The highest BCUT2D eigenvalue weighted by Gasteiger charge is 2.11. The Morgan fingerprint density at radius 1 is 1.19 bits per heavy atom. The zero-order chi connectivity index (χ0) is 14.7. The minimum atomic E-state index is -0.306. The molecule has 0 aliphatic heterocycles. The molecule has 6 heteroatoms. The highest BCUT2D eigenvalue weighted by Crippen LogP contribution is 2.23. The van der Waals surface area contributed by atoms with Gasteiger partial charge in [-0.05, 0) is 30.7 Å². The van der Waals surface area contributed by atoms with Crippen molar-refractivity contribution in [3.63, 3.8) is 0 Å². The van der Waals surface area contributed by atoms with Crippen molar-refractivity contribution >= 4 is 11.5 Å². The van der Waals surface area contributed by atoms with Crippen molar-refractivity contribution < 1.29 is 9.50 Å². The van der Waals surface area contributed by atoms with Gasteiger partial charge >= 0.3 is 0 Å². The summed E-state index contributed by atoms with van der Waals surface area (Å²) in [5, 5.41) is 16.3. The largest absolute Gasteiger partial charge is 0.396 e. The molecule has 0 fully saturated rings. The molecule has 0 saturated carbocycles. The molecule has 2 aromatic heterocycles. The lowest BCUT2D eigenvalue weighted by Gasteiger charge is -2.06. The van der Waals surface area contributed by atoms with Crippen LogP contribution in [0.1, 0.15) is 6.42 Å². The standard InChI is InChI=1S/C15H15FN4O/c16-12-5-2-1-4-11(12)13-10-18-15-7-6-14(19-20(13)15)17-8-3-9-21/h1-2,4-7,10,21H,3,8-9H2,(H,17,19). The van der Waals surface area contributed by atoms with Gasteiger partial charge in [0.1, 0.15) is 11.6 Å². The Hall–Kier alpha value is -2.47. The number of nitrogens with zero attached hydrogens (tertiary/aromatic N) is 3. The maximum atomic E-state index is 13.9. The molecule has 0 atom stereocenters. The fourth-order valence-electron chi connectivity index (χ4n) is 2.12. The number of halogens is 1. The molecule has 0 aliphatic carbocycles. The Bertz CT molecular complexity index is 756. The summed E-state index contributed by atoms with van der Waals surface area (Å²) in [4.78, 5) is 4.24. The lowest BCUT2D eigenvalue weighted by molar-refractivity contribution is 0.292. The van der Waals surface area contributed by atoms with Crippen LogP contribution in [0.2, 0.25) is 0 Å². The molecule has 3 aromatic rings. The fourth-order valence-corrected chi connectivity index (χ4v) is 2.12. The van der Waals surface area contributed by atoms with Gasteiger partial charge in [0, 0.05) is 18.7 Å². The summed E-state index contributed by atoms with van der Waals surface area (Å²) in [6.07, 6.45) is 2.25. The van der Waals surface area contributed by atoms with E-state index >= 15 is 0 Å². The van der Waals surface area contributed by atoms with Crippen LogP contribution in [0.25, 0.3) is 16.9 Å². The maximum Gasteiger partial charge on any atom is 0.154 e. The first-order chi connectivity index (χ1) is 10.3. The molecule has 0 bridgehead atoms. The lowest BCUT2D eigenvalue weighted by Crippen LogP contribution is -2.07. The number of aliphatic hydroxyl groups is 1. The third-order valence-corrected chi connectivity index (χ3v) is 3.15. The Labute approximate surface area is 121 Å². The van der Waals surface area contributed by atoms with Crippen molar-refractivity contribution in [2.75, 3.05) is 18.5 Å². The normalized spacial score (nSPS) is 11.0. The topological polar surface area (TPSA) is 62.5 Å². The minimum Gasteiger partial charge on any atom is -0.396 e. The van der Waals surface area contributed by atoms with E-state index in [1.165, 1.54) is 6.07 Å². The van der Waals surface area contributed by atoms with Crippen LogP contribution >= 0.6 is 0 Å². The van der Waals surface area contributed by atoms with Gasteiger partial charge in [0.05, 0.1) is 11.9 Å². The van der Waals surface area contributed by atoms with Crippen LogP contribution in [0, 0.1) is 5.82 Å². The van der Waals surface area contributed by atoms with Gasteiger partial charge in [-0.2, -0.15) is 0 Å². The highest BCUT2D eigenvalue weighted by atomic mass is 19.1. The average Bonchev–Trinajstić information content (AvgIpc) is 2.91. The molecule has 108 valence electrons. The molecule has 0 unspecified atom stereocenters. The van der Waals surface area contributed by atoms with E-state index in [1.807, 2.05) is 12.1 Å². The van der Waals surface area contributed by atoms with Crippen molar-refractivity contribution in [3.8, 4) is 11.3 Å². The quantitative estimate of drug-likeness (QED) is 0.707. The summed E-state index contributed by atoms with van der Waals surface area (Å²) < 4.78 is 15.5.